The van der Waals surface area contributed by atoms with Gasteiger partial charge in [-0.2, -0.15) is 0 Å². The Morgan fingerprint density at radius 3 is 2.85 bits per heavy atom. The third kappa shape index (κ3) is 2.86. The van der Waals surface area contributed by atoms with Crippen LogP contribution in [0.4, 0.5) is 5.69 Å². The van der Waals surface area contributed by atoms with Crippen LogP contribution < -0.4 is 10.2 Å². The van der Waals surface area contributed by atoms with Crippen molar-refractivity contribution in [1.29, 1.82) is 0 Å². The summed E-state index contributed by atoms with van der Waals surface area (Å²) in [5.41, 5.74) is 2.18. The molecule has 1 aromatic carbocycles. The van der Waals surface area contributed by atoms with Gasteiger partial charge in [-0.05, 0) is 56.5 Å². The van der Waals surface area contributed by atoms with Gasteiger partial charge in [0, 0.05) is 5.69 Å². The van der Waals surface area contributed by atoms with Gasteiger partial charge in [-0.25, -0.2) is 0 Å². The number of aryl methyl sites for hydroxylation is 1. The molecule has 1 N–H and O–H groups in total. The number of nitrogens with zero attached hydrogens (tertiary/aromatic N) is 1. The second-order valence-corrected chi connectivity index (χ2v) is 5.78. The molecular weight excluding hydrogens is 252 g/mol. The fraction of sp³-hybridized carbons (Fsp3) is 0.562. The number of piperidine rings is 1. The van der Waals surface area contributed by atoms with Gasteiger partial charge in [-0.1, -0.05) is 12.1 Å². The number of nitrogens with one attached hydrogen (secondary N) is 1. The van der Waals surface area contributed by atoms with Gasteiger partial charge in [0.1, 0.15) is 6.61 Å². The summed E-state index contributed by atoms with van der Waals surface area (Å²) in [6.07, 6.45) is 2.46. The van der Waals surface area contributed by atoms with Crippen LogP contribution in [0.25, 0.3) is 0 Å². The molecule has 2 heterocycles. The standard InChI is InChI=1S/C16H22N2O2/c1-12-3-2-4-14(9-12)18-10-15(20-11-16(18)19)13-5-7-17-8-6-13/h2-4,9,13,15,17H,5-8,10-11H2,1H3. The van der Waals surface area contributed by atoms with E-state index in [0.717, 1.165) is 31.6 Å². The van der Waals surface area contributed by atoms with E-state index in [9.17, 15) is 4.79 Å². The van der Waals surface area contributed by atoms with Gasteiger partial charge in [0.2, 0.25) is 0 Å². The molecule has 2 saturated heterocycles. The topological polar surface area (TPSA) is 41.6 Å². The highest BCUT2D eigenvalue weighted by atomic mass is 16.5. The molecular formula is C16H22N2O2. The second-order valence-electron chi connectivity index (χ2n) is 5.78. The number of hydrogen-bond donors (Lipinski definition) is 1. The van der Waals surface area contributed by atoms with Gasteiger partial charge >= 0.3 is 0 Å². The molecule has 0 bridgehead atoms. The number of anilines is 1. The maximum atomic E-state index is 12.1. The molecule has 1 amide bonds. The van der Waals surface area contributed by atoms with Crippen LogP contribution in [0.5, 0.6) is 0 Å². The zero-order valence-electron chi connectivity index (χ0n) is 12.0. The monoisotopic (exact) mass is 274 g/mol. The Labute approximate surface area is 120 Å². The Kier molecular flexibility index (Phi) is 4.03. The molecule has 108 valence electrons. The molecule has 1 aromatic rings. The van der Waals surface area contributed by atoms with E-state index in [0.29, 0.717) is 12.5 Å². The minimum absolute atomic E-state index is 0.0702. The van der Waals surface area contributed by atoms with Crippen LogP contribution in [-0.4, -0.2) is 38.3 Å². The van der Waals surface area contributed by atoms with Gasteiger partial charge in [-0.3, -0.25) is 4.79 Å². The number of carbonyl (C=O) groups is 1. The van der Waals surface area contributed by atoms with Gasteiger partial charge in [0.05, 0.1) is 12.6 Å². The van der Waals surface area contributed by atoms with Gasteiger partial charge < -0.3 is 15.0 Å². The van der Waals surface area contributed by atoms with Crippen molar-refractivity contribution < 1.29 is 9.53 Å². The van der Waals surface area contributed by atoms with E-state index in [2.05, 4.69) is 24.4 Å². The maximum absolute atomic E-state index is 12.1. The molecule has 0 spiro atoms. The third-order valence-electron chi connectivity index (χ3n) is 4.31. The highest BCUT2D eigenvalue weighted by molar-refractivity contribution is 5.95. The average molecular weight is 274 g/mol. The van der Waals surface area contributed by atoms with Crippen molar-refractivity contribution >= 4 is 11.6 Å². The lowest BCUT2D eigenvalue weighted by molar-refractivity contribution is -0.131. The van der Waals surface area contributed by atoms with Crippen molar-refractivity contribution in [3.05, 3.63) is 29.8 Å². The van der Waals surface area contributed by atoms with Crippen molar-refractivity contribution in [1.82, 2.24) is 5.32 Å². The summed E-state index contributed by atoms with van der Waals surface area (Å²) in [5, 5.41) is 3.38. The first kappa shape index (κ1) is 13.6. The summed E-state index contributed by atoms with van der Waals surface area (Å²) in [4.78, 5) is 14.0. The zero-order chi connectivity index (χ0) is 13.9. The predicted molar refractivity (Wildman–Crippen MR) is 78.9 cm³/mol. The summed E-state index contributed by atoms with van der Waals surface area (Å²) >= 11 is 0. The third-order valence-corrected chi connectivity index (χ3v) is 4.31. The zero-order valence-corrected chi connectivity index (χ0v) is 12.0. The first-order chi connectivity index (χ1) is 9.74. The molecule has 20 heavy (non-hydrogen) atoms. The molecule has 4 nitrogen and oxygen atoms in total. The SMILES string of the molecule is Cc1cccc(N2CC(C3CCNCC3)OCC2=O)c1. The number of rotatable bonds is 2. The fourth-order valence-corrected chi connectivity index (χ4v) is 3.14. The number of benzene rings is 1. The predicted octanol–water partition coefficient (Wildman–Crippen LogP) is 1.73. The first-order valence-corrected chi connectivity index (χ1v) is 7.43. The lowest BCUT2D eigenvalue weighted by Crippen LogP contribution is -2.51. The number of hydrogen-bond acceptors (Lipinski definition) is 3. The van der Waals surface area contributed by atoms with E-state index in [-0.39, 0.29) is 18.6 Å². The summed E-state index contributed by atoms with van der Waals surface area (Å²) in [6, 6.07) is 8.14. The van der Waals surface area contributed by atoms with Gasteiger partial charge in [0.15, 0.2) is 0 Å². The fourth-order valence-electron chi connectivity index (χ4n) is 3.14. The number of amides is 1. The van der Waals surface area contributed by atoms with Crippen molar-refractivity contribution in [2.45, 2.75) is 25.9 Å². The average Bonchev–Trinajstić information content (AvgIpc) is 2.48. The second kappa shape index (κ2) is 5.94. The maximum Gasteiger partial charge on any atom is 0.253 e. The molecule has 2 aliphatic heterocycles. The van der Waals surface area contributed by atoms with Crippen LogP contribution in [0, 0.1) is 12.8 Å². The summed E-state index contributed by atoms with van der Waals surface area (Å²) in [6.45, 7) is 5.07. The van der Waals surface area contributed by atoms with Crippen LogP contribution in [-0.2, 0) is 9.53 Å². The van der Waals surface area contributed by atoms with E-state index in [1.165, 1.54) is 5.56 Å². The van der Waals surface area contributed by atoms with E-state index in [1.54, 1.807) is 0 Å². The number of ether oxygens (including phenoxy) is 1. The van der Waals surface area contributed by atoms with Crippen molar-refractivity contribution in [2.75, 3.05) is 31.1 Å². The van der Waals surface area contributed by atoms with E-state index >= 15 is 0 Å². The Morgan fingerprint density at radius 2 is 2.10 bits per heavy atom. The van der Waals surface area contributed by atoms with Crippen LogP contribution in [0.3, 0.4) is 0 Å². The minimum Gasteiger partial charge on any atom is -0.366 e. The highest BCUT2D eigenvalue weighted by Gasteiger charge is 2.33. The summed E-state index contributed by atoms with van der Waals surface area (Å²) in [5.74, 6) is 0.637. The Balaban J connectivity index is 1.74. The molecule has 0 saturated carbocycles. The van der Waals surface area contributed by atoms with Crippen molar-refractivity contribution in [2.24, 2.45) is 5.92 Å². The van der Waals surface area contributed by atoms with E-state index < -0.39 is 0 Å². The molecule has 2 aliphatic rings. The molecule has 3 rings (SSSR count). The quantitative estimate of drug-likeness (QED) is 0.893. The van der Waals surface area contributed by atoms with E-state index in [4.69, 9.17) is 4.74 Å². The largest absolute Gasteiger partial charge is 0.366 e. The lowest BCUT2D eigenvalue weighted by atomic mass is 9.91. The molecule has 2 fully saturated rings. The van der Waals surface area contributed by atoms with Crippen molar-refractivity contribution in [3.63, 3.8) is 0 Å². The van der Waals surface area contributed by atoms with Gasteiger partial charge in [-0.15, -0.1) is 0 Å². The number of carbonyl (C=O) groups excluding carboxylic acids is 1. The summed E-state index contributed by atoms with van der Waals surface area (Å²) < 4.78 is 5.79. The smallest absolute Gasteiger partial charge is 0.253 e. The number of morpholine rings is 1. The Morgan fingerprint density at radius 1 is 1.30 bits per heavy atom. The molecule has 0 aromatic heterocycles. The summed E-state index contributed by atoms with van der Waals surface area (Å²) in [7, 11) is 0. The van der Waals surface area contributed by atoms with Crippen LogP contribution in [0.1, 0.15) is 18.4 Å². The molecule has 4 heteroatoms. The van der Waals surface area contributed by atoms with Crippen LogP contribution in [0.2, 0.25) is 0 Å². The van der Waals surface area contributed by atoms with Crippen LogP contribution in [0.15, 0.2) is 24.3 Å². The molecule has 0 radical (unpaired) electrons. The Bertz CT molecular complexity index is 483. The van der Waals surface area contributed by atoms with Gasteiger partial charge in [0.25, 0.3) is 5.91 Å². The van der Waals surface area contributed by atoms with Crippen LogP contribution >= 0.6 is 0 Å². The molecule has 0 aliphatic carbocycles. The molecule has 1 atom stereocenters. The normalized spacial score (nSPS) is 24.9. The molecule has 1 unspecified atom stereocenters. The minimum atomic E-state index is 0.0702. The highest BCUT2D eigenvalue weighted by Crippen LogP contribution is 2.26. The van der Waals surface area contributed by atoms with Crippen molar-refractivity contribution in [3.8, 4) is 0 Å². The first-order valence-electron chi connectivity index (χ1n) is 7.43. The Hall–Kier alpha value is -1.39. The lowest BCUT2D eigenvalue weighted by Gasteiger charge is -2.38. The van der Waals surface area contributed by atoms with E-state index in [1.807, 2.05) is 17.0 Å².